The molecule has 0 bridgehead atoms. The fraction of sp³-hybridized carbons (Fsp3) is 0.303. The summed E-state index contributed by atoms with van der Waals surface area (Å²) in [6, 6.07) is 17.9. The molecule has 4 aromatic rings. The quantitative estimate of drug-likeness (QED) is 0.204. The van der Waals surface area contributed by atoms with Crippen LogP contribution in [0.25, 0.3) is 0 Å². The minimum absolute atomic E-state index is 0.125. The highest BCUT2D eigenvalue weighted by molar-refractivity contribution is 7.16. The second kappa shape index (κ2) is 12.1. The number of carbonyl (C=O) groups excluding carboxylic acids is 1. The highest BCUT2D eigenvalue weighted by Gasteiger charge is 2.33. The van der Waals surface area contributed by atoms with Crippen LogP contribution in [0.4, 0.5) is 5.00 Å². The van der Waals surface area contributed by atoms with Crippen molar-refractivity contribution in [2.75, 3.05) is 0 Å². The predicted molar refractivity (Wildman–Crippen MR) is 161 cm³/mol. The summed E-state index contributed by atoms with van der Waals surface area (Å²) in [4.78, 5) is 30.5. The number of nitrogens with one attached hydrogen (secondary N) is 1. The van der Waals surface area contributed by atoms with Gasteiger partial charge in [0.15, 0.2) is 0 Å². The Labute approximate surface area is 243 Å². The van der Waals surface area contributed by atoms with E-state index < -0.39 is 5.97 Å². The Kier molecular flexibility index (Phi) is 8.40. The van der Waals surface area contributed by atoms with E-state index in [0.29, 0.717) is 36.1 Å². The molecule has 2 aromatic heterocycles. The highest BCUT2D eigenvalue weighted by atomic mass is 32.1. The Bertz CT molecular complexity index is 1530. The van der Waals surface area contributed by atoms with Gasteiger partial charge in [0.05, 0.1) is 23.9 Å². The summed E-state index contributed by atoms with van der Waals surface area (Å²) in [5.74, 6) is 0.892. The van der Waals surface area contributed by atoms with Crippen LogP contribution in [0.3, 0.4) is 0 Å². The number of benzene rings is 2. The third kappa shape index (κ3) is 6.95. The number of aromatic carboxylic acids is 1. The van der Waals surface area contributed by atoms with Crippen molar-refractivity contribution >= 4 is 34.4 Å². The van der Waals surface area contributed by atoms with Crippen LogP contribution in [0.1, 0.15) is 75.2 Å². The maximum absolute atomic E-state index is 13.4. The number of carboxylic acid groups (broad SMARTS) is 1. The van der Waals surface area contributed by atoms with Crippen molar-refractivity contribution in [1.82, 2.24) is 5.32 Å². The van der Waals surface area contributed by atoms with E-state index >= 15 is 0 Å². The first-order chi connectivity index (χ1) is 19.7. The molecule has 2 heterocycles. The fourth-order valence-corrected chi connectivity index (χ4v) is 6.27. The van der Waals surface area contributed by atoms with Gasteiger partial charge >= 0.3 is 5.97 Å². The van der Waals surface area contributed by atoms with Gasteiger partial charge in [0, 0.05) is 11.1 Å². The van der Waals surface area contributed by atoms with Gasteiger partial charge in [0.2, 0.25) is 0 Å². The van der Waals surface area contributed by atoms with E-state index in [4.69, 9.17) is 19.3 Å². The molecule has 0 aliphatic heterocycles. The molecular formula is C33H34N2O5S. The number of hydrogen-bond donors (Lipinski definition) is 2. The van der Waals surface area contributed by atoms with Crippen molar-refractivity contribution in [1.29, 1.82) is 0 Å². The molecule has 1 aliphatic rings. The second-order valence-electron chi connectivity index (χ2n) is 11.4. The average molecular weight is 571 g/mol. The van der Waals surface area contributed by atoms with E-state index in [9.17, 15) is 9.59 Å². The number of aliphatic imine (C=N–C) groups is 1. The Morgan fingerprint density at radius 3 is 2.54 bits per heavy atom. The van der Waals surface area contributed by atoms with Crippen LogP contribution >= 0.6 is 11.3 Å². The first-order valence-corrected chi connectivity index (χ1v) is 14.5. The molecular weight excluding hydrogens is 536 g/mol. The smallest absolute Gasteiger partial charge is 0.335 e. The van der Waals surface area contributed by atoms with E-state index in [0.717, 1.165) is 41.0 Å². The molecule has 1 atom stereocenters. The van der Waals surface area contributed by atoms with Crippen LogP contribution < -0.4 is 10.1 Å². The van der Waals surface area contributed by atoms with E-state index in [-0.39, 0.29) is 16.9 Å². The lowest BCUT2D eigenvalue weighted by atomic mass is 9.72. The van der Waals surface area contributed by atoms with Crippen LogP contribution in [-0.4, -0.2) is 23.2 Å². The fourth-order valence-electron chi connectivity index (χ4n) is 5.00. The molecule has 2 aromatic carbocycles. The second-order valence-corrected chi connectivity index (χ2v) is 12.5. The number of rotatable bonds is 9. The molecule has 0 saturated heterocycles. The van der Waals surface area contributed by atoms with Crippen LogP contribution in [0.5, 0.6) is 5.75 Å². The van der Waals surface area contributed by atoms with Gasteiger partial charge in [0.25, 0.3) is 5.91 Å². The molecule has 8 heteroatoms. The molecule has 0 spiro atoms. The molecule has 1 amide bonds. The standard InChI is InChI=1S/C33H34N2O5S/c1-33(2,3)24-12-15-27-28(17-24)41-31(29(27)30(36)34-19-26-5-4-16-39-26)35-18-21-8-13-25(14-9-21)40-20-22-6-10-23(11-7-22)32(37)38/h4-11,13-14,16,18,24H,12,15,17,19-20H2,1-3H3,(H,34,36)(H,37,38)/t24-/m0/s1. The normalized spacial score (nSPS) is 15.0. The predicted octanol–water partition coefficient (Wildman–Crippen LogP) is 7.45. The summed E-state index contributed by atoms with van der Waals surface area (Å²) in [6.07, 6.45) is 6.28. The maximum atomic E-state index is 13.4. The van der Waals surface area contributed by atoms with Gasteiger partial charge in [-0.2, -0.15) is 0 Å². The SMILES string of the molecule is CC(C)(C)[C@H]1CCc2c(sc(N=Cc3ccc(OCc4ccc(C(=O)O)cc4)cc3)c2C(=O)NCc2ccco2)C1. The Balaban J connectivity index is 1.30. The molecule has 2 N–H and O–H groups in total. The Morgan fingerprint density at radius 2 is 1.88 bits per heavy atom. The lowest BCUT2D eigenvalue weighted by Gasteiger charge is -2.33. The van der Waals surface area contributed by atoms with Crippen molar-refractivity contribution in [2.45, 2.75) is 53.2 Å². The largest absolute Gasteiger partial charge is 0.489 e. The molecule has 212 valence electrons. The van der Waals surface area contributed by atoms with Crippen molar-refractivity contribution in [3.63, 3.8) is 0 Å². The number of furan rings is 1. The number of ether oxygens (including phenoxy) is 1. The minimum atomic E-state index is -0.951. The van der Waals surface area contributed by atoms with Gasteiger partial charge in [-0.15, -0.1) is 11.3 Å². The van der Waals surface area contributed by atoms with E-state index in [1.807, 2.05) is 36.4 Å². The van der Waals surface area contributed by atoms with Gasteiger partial charge in [-0.3, -0.25) is 4.79 Å². The Morgan fingerprint density at radius 1 is 1.12 bits per heavy atom. The molecule has 41 heavy (non-hydrogen) atoms. The first kappa shape index (κ1) is 28.4. The minimum Gasteiger partial charge on any atom is -0.489 e. The van der Waals surface area contributed by atoms with Gasteiger partial charge < -0.3 is 19.6 Å². The molecule has 0 unspecified atom stereocenters. The third-order valence-electron chi connectivity index (χ3n) is 7.52. The van der Waals surface area contributed by atoms with Gasteiger partial charge in [-0.1, -0.05) is 32.9 Å². The molecule has 1 aliphatic carbocycles. The summed E-state index contributed by atoms with van der Waals surface area (Å²) in [6.45, 7) is 7.52. The number of carbonyl (C=O) groups is 2. The zero-order chi connectivity index (χ0) is 29.0. The number of fused-ring (bicyclic) bond motifs is 1. The summed E-state index contributed by atoms with van der Waals surface area (Å²) in [5, 5.41) is 12.8. The lowest BCUT2D eigenvalue weighted by Crippen LogP contribution is -2.28. The van der Waals surface area contributed by atoms with Crippen molar-refractivity contribution in [3.05, 3.63) is 105 Å². The van der Waals surface area contributed by atoms with E-state index in [2.05, 4.69) is 26.1 Å². The maximum Gasteiger partial charge on any atom is 0.335 e. The molecule has 0 fully saturated rings. The lowest BCUT2D eigenvalue weighted by molar-refractivity contribution is 0.0696. The Hall–Kier alpha value is -4.17. The molecule has 0 saturated carbocycles. The number of nitrogens with zero attached hydrogens (tertiary/aromatic N) is 1. The van der Waals surface area contributed by atoms with Crippen LogP contribution in [0.2, 0.25) is 0 Å². The highest BCUT2D eigenvalue weighted by Crippen LogP contribution is 2.45. The first-order valence-electron chi connectivity index (χ1n) is 13.7. The molecule has 7 nitrogen and oxygen atoms in total. The van der Waals surface area contributed by atoms with Crippen molar-refractivity contribution in [2.24, 2.45) is 16.3 Å². The van der Waals surface area contributed by atoms with Crippen molar-refractivity contribution in [3.8, 4) is 5.75 Å². The number of carboxylic acids is 1. The summed E-state index contributed by atoms with van der Waals surface area (Å²) < 4.78 is 11.3. The number of hydrogen-bond acceptors (Lipinski definition) is 6. The average Bonchev–Trinajstić information content (AvgIpc) is 3.61. The number of amides is 1. The van der Waals surface area contributed by atoms with Crippen LogP contribution in [0.15, 0.2) is 76.3 Å². The van der Waals surface area contributed by atoms with Crippen LogP contribution in [-0.2, 0) is 26.0 Å². The van der Waals surface area contributed by atoms with Crippen molar-refractivity contribution < 1.29 is 23.8 Å². The summed E-state index contributed by atoms with van der Waals surface area (Å²) >= 11 is 1.62. The summed E-state index contributed by atoms with van der Waals surface area (Å²) in [5.41, 5.74) is 4.03. The molecule has 0 radical (unpaired) electrons. The zero-order valence-electron chi connectivity index (χ0n) is 23.5. The topological polar surface area (TPSA) is 101 Å². The van der Waals surface area contributed by atoms with Gasteiger partial charge in [-0.25, -0.2) is 9.79 Å². The molecule has 5 rings (SSSR count). The van der Waals surface area contributed by atoms with Crippen LogP contribution in [0, 0.1) is 11.3 Å². The van der Waals surface area contributed by atoms with Gasteiger partial charge in [-0.05, 0) is 95.8 Å². The monoisotopic (exact) mass is 570 g/mol. The summed E-state index contributed by atoms with van der Waals surface area (Å²) in [7, 11) is 0. The van der Waals surface area contributed by atoms with Gasteiger partial charge in [0.1, 0.15) is 23.1 Å². The number of thiophene rings is 1. The van der Waals surface area contributed by atoms with E-state index in [1.165, 1.54) is 4.88 Å². The zero-order valence-corrected chi connectivity index (χ0v) is 24.3. The third-order valence-corrected chi connectivity index (χ3v) is 8.68. The van der Waals surface area contributed by atoms with E-state index in [1.54, 1.807) is 48.1 Å².